The van der Waals surface area contributed by atoms with E-state index in [4.69, 9.17) is 0 Å². The molecule has 0 aromatic heterocycles. The number of para-hydroxylation sites is 2. The van der Waals surface area contributed by atoms with E-state index in [9.17, 15) is 9.59 Å². The summed E-state index contributed by atoms with van der Waals surface area (Å²) in [6.45, 7) is 8.04. The molecule has 0 heterocycles. The Hall–Kier alpha value is -2.62. The summed E-state index contributed by atoms with van der Waals surface area (Å²) in [6.07, 6.45) is 0.785. The van der Waals surface area contributed by atoms with Gasteiger partial charge in [-0.25, -0.2) is 0 Å². The molecule has 0 aliphatic rings. The molecule has 24 heavy (non-hydrogen) atoms. The van der Waals surface area contributed by atoms with Crippen molar-refractivity contribution in [3.8, 4) is 0 Å². The number of rotatable bonds is 4. The van der Waals surface area contributed by atoms with Crippen LogP contribution in [0.2, 0.25) is 0 Å². The molecular weight excluding hydrogens is 300 g/mol. The molecule has 2 aromatic rings. The van der Waals surface area contributed by atoms with E-state index < -0.39 is 11.8 Å². The molecule has 0 saturated carbocycles. The highest BCUT2D eigenvalue weighted by atomic mass is 16.2. The Bertz CT molecular complexity index is 751. The summed E-state index contributed by atoms with van der Waals surface area (Å²) >= 11 is 0. The fraction of sp³-hybridized carbons (Fsp3) is 0.300. The molecule has 4 heteroatoms. The van der Waals surface area contributed by atoms with Gasteiger partial charge in [-0.05, 0) is 42.0 Å². The monoisotopic (exact) mass is 324 g/mol. The number of anilines is 2. The maximum atomic E-state index is 12.3. The van der Waals surface area contributed by atoms with Gasteiger partial charge in [-0.15, -0.1) is 0 Å². The fourth-order valence-corrected chi connectivity index (χ4v) is 2.64. The van der Waals surface area contributed by atoms with Crippen LogP contribution in [-0.4, -0.2) is 11.8 Å². The normalized spacial score (nSPS) is 10.5. The van der Waals surface area contributed by atoms with Crippen LogP contribution in [0, 0.1) is 6.92 Å². The molecular formula is C20H24N2O2. The first-order chi connectivity index (χ1) is 11.4. The Morgan fingerprint density at radius 1 is 0.958 bits per heavy atom. The van der Waals surface area contributed by atoms with Gasteiger partial charge in [0, 0.05) is 11.4 Å². The minimum absolute atomic E-state index is 0.254. The van der Waals surface area contributed by atoms with Crippen LogP contribution in [0.4, 0.5) is 11.4 Å². The van der Waals surface area contributed by atoms with Crippen LogP contribution >= 0.6 is 0 Å². The molecule has 0 bridgehead atoms. The third-order valence-corrected chi connectivity index (χ3v) is 4.02. The van der Waals surface area contributed by atoms with Gasteiger partial charge in [-0.3, -0.25) is 9.59 Å². The standard InChI is InChI=1S/C20H24N2O2/c1-5-15-10-6-7-12-17(15)21-19(23)20(24)22-18-14(4)9-8-11-16(18)13(2)3/h6-13H,5H2,1-4H3,(H,21,23)(H,22,24). The molecule has 0 saturated heterocycles. The van der Waals surface area contributed by atoms with Crippen molar-refractivity contribution in [1.82, 2.24) is 0 Å². The number of carbonyl (C=O) groups is 2. The summed E-state index contributed by atoms with van der Waals surface area (Å²) in [6, 6.07) is 13.3. The van der Waals surface area contributed by atoms with E-state index in [2.05, 4.69) is 24.5 Å². The zero-order valence-corrected chi connectivity index (χ0v) is 14.6. The lowest BCUT2D eigenvalue weighted by atomic mass is 9.98. The number of hydrogen-bond acceptors (Lipinski definition) is 2. The minimum atomic E-state index is -0.658. The van der Waals surface area contributed by atoms with Crippen LogP contribution in [0.5, 0.6) is 0 Å². The summed E-state index contributed by atoms with van der Waals surface area (Å²) in [5, 5.41) is 5.47. The average molecular weight is 324 g/mol. The molecule has 0 radical (unpaired) electrons. The van der Waals surface area contributed by atoms with Crippen LogP contribution in [0.15, 0.2) is 42.5 Å². The molecule has 2 N–H and O–H groups in total. The maximum absolute atomic E-state index is 12.3. The summed E-state index contributed by atoms with van der Waals surface area (Å²) in [4.78, 5) is 24.6. The third-order valence-electron chi connectivity index (χ3n) is 4.02. The Labute approximate surface area is 143 Å². The highest BCUT2D eigenvalue weighted by molar-refractivity contribution is 6.43. The van der Waals surface area contributed by atoms with Crippen LogP contribution in [0.1, 0.15) is 43.4 Å². The van der Waals surface area contributed by atoms with E-state index in [0.717, 1.165) is 28.8 Å². The second-order valence-electron chi connectivity index (χ2n) is 6.11. The van der Waals surface area contributed by atoms with Crippen molar-refractivity contribution in [1.29, 1.82) is 0 Å². The number of aryl methyl sites for hydroxylation is 2. The van der Waals surface area contributed by atoms with E-state index in [-0.39, 0.29) is 5.92 Å². The van der Waals surface area contributed by atoms with E-state index >= 15 is 0 Å². The van der Waals surface area contributed by atoms with Crippen molar-refractivity contribution in [3.05, 3.63) is 59.2 Å². The Morgan fingerprint density at radius 3 is 2.29 bits per heavy atom. The van der Waals surface area contributed by atoms with Crippen LogP contribution in [0.3, 0.4) is 0 Å². The summed E-state index contributed by atoms with van der Waals surface area (Å²) in [7, 11) is 0. The predicted octanol–water partition coefficient (Wildman–Crippen LogP) is 4.26. The Balaban J connectivity index is 2.17. The molecule has 4 nitrogen and oxygen atoms in total. The smallest absolute Gasteiger partial charge is 0.314 e. The van der Waals surface area contributed by atoms with Crippen LogP contribution in [0.25, 0.3) is 0 Å². The molecule has 0 fully saturated rings. The highest BCUT2D eigenvalue weighted by Gasteiger charge is 2.18. The molecule has 0 unspecified atom stereocenters. The van der Waals surface area contributed by atoms with Gasteiger partial charge in [0.15, 0.2) is 0 Å². The number of carbonyl (C=O) groups excluding carboxylic acids is 2. The van der Waals surface area contributed by atoms with Gasteiger partial charge in [0.2, 0.25) is 0 Å². The lowest BCUT2D eigenvalue weighted by Gasteiger charge is -2.16. The summed E-state index contributed by atoms with van der Waals surface area (Å²) in [5.41, 5.74) is 4.35. The lowest BCUT2D eigenvalue weighted by Crippen LogP contribution is -2.30. The second-order valence-corrected chi connectivity index (χ2v) is 6.11. The minimum Gasteiger partial charge on any atom is -0.318 e. The third kappa shape index (κ3) is 4.02. The molecule has 0 spiro atoms. The van der Waals surface area contributed by atoms with Crippen molar-refractivity contribution in [3.63, 3.8) is 0 Å². The van der Waals surface area contributed by atoms with E-state index in [0.29, 0.717) is 5.69 Å². The van der Waals surface area contributed by atoms with E-state index in [1.165, 1.54) is 0 Å². The Kier molecular flexibility index (Phi) is 5.74. The first-order valence-corrected chi connectivity index (χ1v) is 8.23. The van der Waals surface area contributed by atoms with E-state index in [1.54, 1.807) is 6.07 Å². The van der Waals surface area contributed by atoms with Gasteiger partial charge < -0.3 is 10.6 Å². The van der Waals surface area contributed by atoms with Gasteiger partial charge in [-0.2, -0.15) is 0 Å². The summed E-state index contributed by atoms with van der Waals surface area (Å²) < 4.78 is 0. The first kappa shape index (κ1) is 17.7. The summed E-state index contributed by atoms with van der Waals surface area (Å²) in [5.74, 6) is -1.06. The molecule has 2 aromatic carbocycles. The Morgan fingerprint density at radius 2 is 1.62 bits per heavy atom. The largest absolute Gasteiger partial charge is 0.318 e. The van der Waals surface area contributed by atoms with E-state index in [1.807, 2.05) is 50.2 Å². The average Bonchev–Trinajstić information content (AvgIpc) is 2.56. The first-order valence-electron chi connectivity index (χ1n) is 8.23. The van der Waals surface area contributed by atoms with Crippen LogP contribution < -0.4 is 10.6 Å². The van der Waals surface area contributed by atoms with Crippen molar-refractivity contribution < 1.29 is 9.59 Å². The number of hydrogen-bond donors (Lipinski definition) is 2. The second kappa shape index (κ2) is 7.77. The molecule has 0 atom stereocenters. The molecule has 2 amide bonds. The van der Waals surface area contributed by atoms with Gasteiger partial charge in [-0.1, -0.05) is 57.2 Å². The molecule has 0 aliphatic carbocycles. The maximum Gasteiger partial charge on any atom is 0.314 e. The predicted molar refractivity (Wildman–Crippen MR) is 98.3 cm³/mol. The topological polar surface area (TPSA) is 58.2 Å². The van der Waals surface area contributed by atoms with Gasteiger partial charge in [0.05, 0.1) is 0 Å². The molecule has 0 aliphatic heterocycles. The van der Waals surface area contributed by atoms with Crippen molar-refractivity contribution in [2.45, 2.75) is 40.0 Å². The van der Waals surface area contributed by atoms with Crippen molar-refractivity contribution in [2.24, 2.45) is 0 Å². The molecule has 2 rings (SSSR count). The zero-order valence-electron chi connectivity index (χ0n) is 14.6. The number of benzene rings is 2. The van der Waals surface area contributed by atoms with Crippen molar-refractivity contribution >= 4 is 23.2 Å². The SMILES string of the molecule is CCc1ccccc1NC(=O)C(=O)Nc1c(C)cccc1C(C)C. The highest BCUT2D eigenvalue weighted by Crippen LogP contribution is 2.27. The van der Waals surface area contributed by atoms with Crippen LogP contribution in [-0.2, 0) is 16.0 Å². The van der Waals surface area contributed by atoms with Gasteiger partial charge >= 0.3 is 11.8 Å². The van der Waals surface area contributed by atoms with Gasteiger partial charge in [0.25, 0.3) is 0 Å². The molecule has 126 valence electrons. The van der Waals surface area contributed by atoms with Crippen molar-refractivity contribution in [2.75, 3.05) is 10.6 Å². The fourth-order valence-electron chi connectivity index (χ4n) is 2.64. The number of amides is 2. The quantitative estimate of drug-likeness (QED) is 0.826. The number of nitrogens with one attached hydrogen (secondary N) is 2. The van der Waals surface area contributed by atoms with Gasteiger partial charge in [0.1, 0.15) is 0 Å². The lowest BCUT2D eigenvalue weighted by molar-refractivity contribution is -0.133. The zero-order chi connectivity index (χ0) is 17.7.